The van der Waals surface area contributed by atoms with Crippen molar-refractivity contribution in [1.82, 2.24) is 0 Å². The predicted molar refractivity (Wildman–Crippen MR) is 77.3 cm³/mol. The number of anilines is 1. The number of nitrogens with zero attached hydrogens (tertiary/aromatic N) is 1. The van der Waals surface area contributed by atoms with Crippen molar-refractivity contribution in [2.75, 3.05) is 11.9 Å². The highest BCUT2D eigenvalue weighted by Crippen LogP contribution is 2.18. The van der Waals surface area contributed by atoms with Gasteiger partial charge in [-0.3, -0.25) is 4.79 Å². The standard InChI is InChI=1S/C14H12N2O3S/c17-11-3-1-2-10(6-11)16-13(18)12-7-15-14(19-12)9-4-5-20-8-9/h1-6,8,12,17H,7H2,(H,16,18). The molecule has 0 aliphatic carbocycles. The van der Waals surface area contributed by atoms with Crippen LogP contribution in [0.25, 0.3) is 0 Å². The van der Waals surface area contributed by atoms with Crippen LogP contribution in [0.2, 0.25) is 0 Å². The molecule has 3 rings (SSSR count). The molecule has 102 valence electrons. The summed E-state index contributed by atoms with van der Waals surface area (Å²) in [5.74, 6) is 0.331. The first-order valence-electron chi connectivity index (χ1n) is 6.06. The Hall–Kier alpha value is -2.34. The second kappa shape index (κ2) is 5.34. The van der Waals surface area contributed by atoms with Crippen LogP contribution < -0.4 is 5.32 Å². The molecule has 1 aliphatic rings. The molecule has 1 amide bonds. The van der Waals surface area contributed by atoms with Crippen LogP contribution >= 0.6 is 11.3 Å². The zero-order valence-corrected chi connectivity index (χ0v) is 11.3. The fourth-order valence-electron chi connectivity index (χ4n) is 1.86. The molecular weight excluding hydrogens is 276 g/mol. The maximum atomic E-state index is 12.1. The summed E-state index contributed by atoms with van der Waals surface area (Å²) in [5.41, 5.74) is 1.42. The molecule has 0 bridgehead atoms. The molecule has 6 heteroatoms. The van der Waals surface area contributed by atoms with Crippen molar-refractivity contribution in [2.45, 2.75) is 6.10 Å². The number of hydrogen-bond acceptors (Lipinski definition) is 5. The zero-order valence-electron chi connectivity index (χ0n) is 10.4. The van der Waals surface area contributed by atoms with Gasteiger partial charge in [-0.25, -0.2) is 4.99 Å². The smallest absolute Gasteiger partial charge is 0.267 e. The first-order chi connectivity index (χ1) is 9.72. The molecule has 1 unspecified atom stereocenters. The van der Waals surface area contributed by atoms with E-state index in [1.807, 2.05) is 16.8 Å². The van der Waals surface area contributed by atoms with Crippen LogP contribution in [0.4, 0.5) is 5.69 Å². The number of phenols is 1. The number of rotatable bonds is 3. The number of ether oxygens (including phenoxy) is 1. The SMILES string of the molecule is O=C(Nc1cccc(O)c1)C1CN=C(c2ccsc2)O1. The number of thiophene rings is 1. The van der Waals surface area contributed by atoms with Crippen LogP contribution in [-0.2, 0) is 9.53 Å². The van der Waals surface area contributed by atoms with Gasteiger partial charge in [0.2, 0.25) is 5.90 Å². The third-order valence-corrected chi connectivity index (χ3v) is 3.51. The summed E-state index contributed by atoms with van der Waals surface area (Å²) in [6.07, 6.45) is -0.632. The van der Waals surface area contributed by atoms with E-state index < -0.39 is 6.10 Å². The van der Waals surface area contributed by atoms with Crippen molar-refractivity contribution >= 4 is 28.8 Å². The largest absolute Gasteiger partial charge is 0.508 e. The maximum absolute atomic E-state index is 12.1. The molecule has 2 aromatic rings. The molecule has 1 aromatic heterocycles. The number of carbonyl (C=O) groups excluding carboxylic acids is 1. The normalized spacial score (nSPS) is 17.4. The quantitative estimate of drug-likeness (QED) is 0.910. The van der Waals surface area contributed by atoms with E-state index in [-0.39, 0.29) is 11.7 Å². The number of amides is 1. The molecule has 1 aliphatic heterocycles. The summed E-state index contributed by atoms with van der Waals surface area (Å²) in [5, 5.41) is 15.9. The van der Waals surface area contributed by atoms with Crippen molar-refractivity contribution in [1.29, 1.82) is 0 Å². The van der Waals surface area contributed by atoms with Gasteiger partial charge in [0.1, 0.15) is 5.75 Å². The van der Waals surface area contributed by atoms with E-state index in [2.05, 4.69) is 10.3 Å². The lowest BCUT2D eigenvalue weighted by molar-refractivity contribution is -0.122. The van der Waals surface area contributed by atoms with Gasteiger partial charge in [-0.05, 0) is 23.6 Å². The molecule has 20 heavy (non-hydrogen) atoms. The Morgan fingerprint density at radius 2 is 2.35 bits per heavy atom. The van der Waals surface area contributed by atoms with Gasteiger partial charge in [0.15, 0.2) is 6.10 Å². The molecule has 1 aromatic carbocycles. The molecule has 0 fully saturated rings. The Balaban J connectivity index is 1.63. The molecule has 0 saturated carbocycles. The number of nitrogens with one attached hydrogen (secondary N) is 1. The molecule has 5 nitrogen and oxygen atoms in total. The molecule has 2 heterocycles. The van der Waals surface area contributed by atoms with Crippen LogP contribution in [0.1, 0.15) is 5.56 Å². The van der Waals surface area contributed by atoms with Crippen molar-refractivity contribution in [3.63, 3.8) is 0 Å². The minimum Gasteiger partial charge on any atom is -0.508 e. The maximum Gasteiger partial charge on any atom is 0.267 e. The van der Waals surface area contributed by atoms with Crippen molar-refractivity contribution in [2.24, 2.45) is 4.99 Å². The second-order valence-electron chi connectivity index (χ2n) is 4.30. The van der Waals surface area contributed by atoms with E-state index in [0.29, 0.717) is 18.1 Å². The molecule has 0 saturated heterocycles. The lowest BCUT2D eigenvalue weighted by atomic mass is 10.2. The Kier molecular flexibility index (Phi) is 3.39. The van der Waals surface area contributed by atoms with Gasteiger partial charge < -0.3 is 15.2 Å². The summed E-state index contributed by atoms with van der Waals surface area (Å²) < 4.78 is 5.55. The van der Waals surface area contributed by atoms with Crippen molar-refractivity contribution in [3.05, 3.63) is 46.7 Å². The third-order valence-electron chi connectivity index (χ3n) is 2.83. The number of aliphatic imine (C=N–C) groups is 1. The Bertz CT molecular complexity index is 652. The molecule has 1 atom stereocenters. The summed E-state index contributed by atoms with van der Waals surface area (Å²) in [7, 11) is 0. The van der Waals surface area contributed by atoms with Gasteiger partial charge in [-0.15, -0.1) is 0 Å². The highest BCUT2D eigenvalue weighted by Gasteiger charge is 2.27. The number of phenolic OH excluding ortho intramolecular Hbond substituents is 1. The predicted octanol–water partition coefficient (Wildman–Crippen LogP) is 2.24. The third kappa shape index (κ3) is 2.65. The highest BCUT2D eigenvalue weighted by molar-refractivity contribution is 7.08. The molecule has 0 spiro atoms. The summed E-state index contributed by atoms with van der Waals surface area (Å²) in [6, 6.07) is 8.28. The van der Waals surface area contributed by atoms with Crippen molar-refractivity contribution < 1.29 is 14.6 Å². The number of benzene rings is 1. The fourth-order valence-corrected chi connectivity index (χ4v) is 2.49. The van der Waals surface area contributed by atoms with Gasteiger partial charge in [-0.1, -0.05) is 6.07 Å². The van der Waals surface area contributed by atoms with E-state index in [4.69, 9.17) is 4.74 Å². The van der Waals surface area contributed by atoms with Crippen LogP contribution in [0.5, 0.6) is 5.75 Å². The lowest BCUT2D eigenvalue weighted by Gasteiger charge is -2.11. The van der Waals surface area contributed by atoms with Gasteiger partial charge in [0.25, 0.3) is 5.91 Å². The minimum atomic E-state index is -0.632. The fraction of sp³-hybridized carbons (Fsp3) is 0.143. The second-order valence-corrected chi connectivity index (χ2v) is 5.08. The highest BCUT2D eigenvalue weighted by atomic mass is 32.1. The van der Waals surface area contributed by atoms with Crippen molar-refractivity contribution in [3.8, 4) is 5.75 Å². The van der Waals surface area contributed by atoms with E-state index >= 15 is 0 Å². The van der Waals surface area contributed by atoms with Crippen LogP contribution in [0.15, 0.2) is 46.1 Å². The minimum absolute atomic E-state index is 0.102. The average molecular weight is 288 g/mol. The number of aromatic hydroxyl groups is 1. The van der Waals surface area contributed by atoms with Crippen LogP contribution in [-0.4, -0.2) is 29.6 Å². The van der Waals surface area contributed by atoms with Gasteiger partial charge in [-0.2, -0.15) is 11.3 Å². The molecular formula is C14H12N2O3S. The van der Waals surface area contributed by atoms with Gasteiger partial charge in [0, 0.05) is 22.7 Å². The van der Waals surface area contributed by atoms with E-state index in [1.54, 1.807) is 29.5 Å². The first-order valence-corrected chi connectivity index (χ1v) is 7.00. The van der Waals surface area contributed by atoms with E-state index in [0.717, 1.165) is 5.56 Å². The topological polar surface area (TPSA) is 70.9 Å². The van der Waals surface area contributed by atoms with Gasteiger partial charge in [0.05, 0.1) is 6.54 Å². The summed E-state index contributed by atoms with van der Waals surface area (Å²) in [4.78, 5) is 16.3. The van der Waals surface area contributed by atoms with Crippen LogP contribution in [0, 0.1) is 0 Å². The first kappa shape index (κ1) is 12.7. The molecule has 0 radical (unpaired) electrons. The van der Waals surface area contributed by atoms with E-state index in [9.17, 15) is 9.90 Å². The van der Waals surface area contributed by atoms with Crippen LogP contribution in [0.3, 0.4) is 0 Å². The average Bonchev–Trinajstić information content (AvgIpc) is 3.10. The Morgan fingerprint density at radius 1 is 1.45 bits per heavy atom. The zero-order chi connectivity index (χ0) is 13.9. The lowest BCUT2D eigenvalue weighted by Crippen LogP contribution is -2.30. The Morgan fingerprint density at radius 3 is 3.10 bits per heavy atom. The summed E-state index contributed by atoms with van der Waals surface area (Å²) >= 11 is 1.55. The van der Waals surface area contributed by atoms with Gasteiger partial charge >= 0.3 is 0 Å². The molecule has 2 N–H and O–H groups in total. The monoisotopic (exact) mass is 288 g/mol. The van der Waals surface area contributed by atoms with E-state index in [1.165, 1.54) is 6.07 Å². The Labute approximate surface area is 119 Å². The summed E-state index contributed by atoms with van der Waals surface area (Å²) in [6.45, 7) is 0.301. The number of hydrogen-bond donors (Lipinski definition) is 2. The number of carbonyl (C=O) groups is 1.